The molecule has 0 atom stereocenters. The molecular formula is C16H19N5O3. The minimum absolute atomic E-state index is 0.114. The van der Waals surface area contributed by atoms with Gasteiger partial charge in [0.1, 0.15) is 13.2 Å². The van der Waals surface area contributed by atoms with E-state index in [1.807, 2.05) is 6.92 Å². The molecule has 0 unspecified atom stereocenters. The number of aliphatic imine (C=N–C) groups is 1. The van der Waals surface area contributed by atoms with Crippen molar-refractivity contribution >= 4 is 17.6 Å². The Bertz CT molecular complexity index is 816. The fourth-order valence-corrected chi connectivity index (χ4v) is 2.34. The van der Waals surface area contributed by atoms with Crippen molar-refractivity contribution in [3.8, 4) is 11.5 Å². The van der Waals surface area contributed by atoms with E-state index in [0.29, 0.717) is 42.5 Å². The number of fused-ring (bicyclic) bond motifs is 1. The molecule has 2 aromatic rings. The average Bonchev–Trinajstić information content (AvgIpc) is 2.54. The molecule has 0 radical (unpaired) electrons. The summed E-state index contributed by atoms with van der Waals surface area (Å²) in [5, 5.41) is 2.94. The van der Waals surface area contributed by atoms with Crippen molar-refractivity contribution in [1.29, 1.82) is 0 Å². The third-order valence-corrected chi connectivity index (χ3v) is 3.33. The lowest BCUT2D eigenvalue weighted by Crippen LogP contribution is -2.23. The number of benzene rings is 1. The third-order valence-electron chi connectivity index (χ3n) is 3.33. The van der Waals surface area contributed by atoms with Gasteiger partial charge in [-0.25, -0.2) is 4.98 Å². The molecule has 1 aliphatic heterocycles. The molecule has 0 spiro atoms. The van der Waals surface area contributed by atoms with Crippen LogP contribution in [0.15, 0.2) is 34.1 Å². The third kappa shape index (κ3) is 3.83. The van der Waals surface area contributed by atoms with Crippen LogP contribution in [-0.4, -0.2) is 29.1 Å². The number of nitrogens with one attached hydrogen (secondary N) is 2. The van der Waals surface area contributed by atoms with Crippen LogP contribution in [0.25, 0.3) is 0 Å². The van der Waals surface area contributed by atoms with Gasteiger partial charge in [-0.1, -0.05) is 13.3 Å². The Morgan fingerprint density at radius 1 is 1.33 bits per heavy atom. The highest BCUT2D eigenvalue weighted by atomic mass is 16.6. The number of aromatic nitrogens is 2. The number of aryl methyl sites for hydroxylation is 1. The van der Waals surface area contributed by atoms with Gasteiger partial charge in [0.15, 0.2) is 11.5 Å². The summed E-state index contributed by atoms with van der Waals surface area (Å²) in [5.74, 6) is 1.63. The molecule has 3 rings (SSSR count). The summed E-state index contributed by atoms with van der Waals surface area (Å²) in [6.07, 6.45) is 1.60. The molecule has 0 fully saturated rings. The van der Waals surface area contributed by atoms with Gasteiger partial charge < -0.3 is 20.5 Å². The van der Waals surface area contributed by atoms with E-state index in [1.54, 1.807) is 18.2 Å². The van der Waals surface area contributed by atoms with Crippen molar-refractivity contribution in [2.24, 2.45) is 10.7 Å². The molecule has 1 aliphatic rings. The first-order chi connectivity index (χ1) is 11.6. The topological polar surface area (TPSA) is 115 Å². The van der Waals surface area contributed by atoms with Crippen molar-refractivity contribution in [2.75, 3.05) is 18.5 Å². The summed E-state index contributed by atoms with van der Waals surface area (Å²) in [4.78, 5) is 22.6. The number of guanidine groups is 1. The molecule has 4 N–H and O–H groups in total. The number of hydrogen-bond acceptors (Lipinski definition) is 5. The summed E-state index contributed by atoms with van der Waals surface area (Å²) in [7, 11) is 0. The quantitative estimate of drug-likeness (QED) is 0.579. The van der Waals surface area contributed by atoms with Crippen molar-refractivity contribution in [1.82, 2.24) is 9.97 Å². The first-order valence-electron chi connectivity index (χ1n) is 7.75. The fourth-order valence-electron chi connectivity index (χ4n) is 2.34. The molecule has 0 saturated carbocycles. The van der Waals surface area contributed by atoms with Gasteiger partial charge in [0, 0.05) is 23.5 Å². The van der Waals surface area contributed by atoms with Gasteiger partial charge in [-0.15, -0.1) is 0 Å². The predicted molar refractivity (Wildman–Crippen MR) is 91.2 cm³/mol. The summed E-state index contributed by atoms with van der Waals surface area (Å²) in [6, 6.07) is 6.85. The highest BCUT2D eigenvalue weighted by molar-refractivity contribution is 5.93. The zero-order chi connectivity index (χ0) is 16.9. The van der Waals surface area contributed by atoms with E-state index < -0.39 is 0 Å². The largest absolute Gasteiger partial charge is 0.486 e. The Balaban J connectivity index is 1.78. The lowest BCUT2D eigenvalue weighted by atomic mass is 10.2. The van der Waals surface area contributed by atoms with Crippen LogP contribution >= 0.6 is 0 Å². The second-order valence-corrected chi connectivity index (χ2v) is 5.29. The van der Waals surface area contributed by atoms with Crippen LogP contribution < -0.4 is 26.1 Å². The SMILES string of the molecule is CCCc1cc(=O)[nH]c(/N=C(\N)Nc2ccc3c(c2)OCCO3)n1. The van der Waals surface area contributed by atoms with Gasteiger partial charge in [-0.2, -0.15) is 4.99 Å². The van der Waals surface area contributed by atoms with E-state index in [0.717, 1.165) is 6.42 Å². The van der Waals surface area contributed by atoms with Gasteiger partial charge in [0.2, 0.25) is 11.9 Å². The molecular weight excluding hydrogens is 310 g/mol. The van der Waals surface area contributed by atoms with Crippen molar-refractivity contribution in [3.05, 3.63) is 40.3 Å². The molecule has 1 aromatic carbocycles. The van der Waals surface area contributed by atoms with Crippen molar-refractivity contribution in [2.45, 2.75) is 19.8 Å². The van der Waals surface area contributed by atoms with Crippen LogP contribution in [0.3, 0.4) is 0 Å². The van der Waals surface area contributed by atoms with Gasteiger partial charge >= 0.3 is 0 Å². The Morgan fingerprint density at radius 3 is 2.92 bits per heavy atom. The molecule has 8 heteroatoms. The minimum atomic E-state index is -0.251. The van der Waals surface area contributed by atoms with Gasteiger partial charge in [0.05, 0.1) is 0 Å². The molecule has 0 bridgehead atoms. The molecule has 126 valence electrons. The Labute approximate surface area is 138 Å². The monoisotopic (exact) mass is 329 g/mol. The summed E-state index contributed by atoms with van der Waals surface area (Å²) < 4.78 is 11.0. The maximum absolute atomic E-state index is 11.6. The molecule has 0 amide bonds. The zero-order valence-corrected chi connectivity index (χ0v) is 13.3. The zero-order valence-electron chi connectivity index (χ0n) is 13.3. The van der Waals surface area contributed by atoms with E-state index in [-0.39, 0.29) is 17.5 Å². The van der Waals surface area contributed by atoms with Crippen molar-refractivity contribution in [3.63, 3.8) is 0 Å². The standard InChI is InChI=1S/C16H19N5O3/c1-2-3-10-9-14(22)20-16(19-10)21-15(17)18-11-4-5-12-13(8-11)24-7-6-23-12/h4-5,8-9H,2-3,6-7H2,1H3,(H4,17,18,19,20,21,22). The number of nitrogens with two attached hydrogens (primary N) is 1. The number of nitrogens with zero attached hydrogens (tertiary/aromatic N) is 2. The van der Waals surface area contributed by atoms with Crippen LogP contribution in [0.4, 0.5) is 11.6 Å². The maximum Gasteiger partial charge on any atom is 0.252 e. The average molecular weight is 329 g/mol. The van der Waals surface area contributed by atoms with E-state index in [2.05, 4.69) is 20.3 Å². The molecule has 2 heterocycles. The highest BCUT2D eigenvalue weighted by Crippen LogP contribution is 2.32. The Kier molecular flexibility index (Phi) is 4.64. The second-order valence-electron chi connectivity index (χ2n) is 5.29. The fraction of sp³-hybridized carbons (Fsp3) is 0.312. The van der Waals surface area contributed by atoms with Crippen molar-refractivity contribution < 1.29 is 9.47 Å². The first-order valence-corrected chi connectivity index (χ1v) is 7.75. The smallest absolute Gasteiger partial charge is 0.252 e. The van der Waals surface area contributed by atoms with E-state index >= 15 is 0 Å². The van der Waals surface area contributed by atoms with Gasteiger partial charge in [-0.05, 0) is 18.6 Å². The van der Waals surface area contributed by atoms with Gasteiger partial charge in [-0.3, -0.25) is 9.78 Å². The normalized spacial score (nSPS) is 13.6. The molecule has 8 nitrogen and oxygen atoms in total. The number of ether oxygens (including phenoxy) is 2. The van der Waals surface area contributed by atoms with Crippen LogP contribution in [0.1, 0.15) is 19.0 Å². The number of anilines is 1. The predicted octanol–water partition coefficient (Wildman–Crippen LogP) is 1.55. The molecule has 24 heavy (non-hydrogen) atoms. The summed E-state index contributed by atoms with van der Waals surface area (Å²) in [6.45, 7) is 3.06. The van der Waals surface area contributed by atoms with E-state index in [9.17, 15) is 4.79 Å². The highest BCUT2D eigenvalue weighted by Gasteiger charge is 2.12. The van der Waals surface area contributed by atoms with Crippen LogP contribution in [0.2, 0.25) is 0 Å². The number of aromatic amines is 1. The maximum atomic E-state index is 11.6. The lowest BCUT2D eigenvalue weighted by molar-refractivity contribution is 0.171. The summed E-state index contributed by atoms with van der Waals surface area (Å²) >= 11 is 0. The summed E-state index contributed by atoms with van der Waals surface area (Å²) in [5.41, 5.74) is 7.03. The lowest BCUT2D eigenvalue weighted by Gasteiger charge is -2.19. The van der Waals surface area contributed by atoms with E-state index in [1.165, 1.54) is 6.07 Å². The molecule has 0 aliphatic carbocycles. The van der Waals surface area contributed by atoms with Crippen LogP contribution in [-0.2, 0) is 6.42 Å². The number of rotatable bonds is 4. The number of H-pyrrole nitrogens is 1. The second kappa shape index (κ2) is 7.03. The van der Waals surface area contributed by atoms with E-state index in [4.69, 9.17) is 15.2 Å². The molecule has 1 aromatic heterocycles. The number of hydrogen-bond donors (Lipinski definition) is 3. The minimum Gasteiger partial charge on any atom is -0.486 e. The van der Waals surface area contributed by atoms with Gasteiger partial charge in [0.25, 0.3) is 5.56 Å². The first kappa shape index (κ1) is 15.9. The van der Waals surface area contributed by atoms with Crippen LogP contribution in [0, 0.1) is 0 Å². The van der Waals surface area contributed by atoms with Crippen LogP contribution in [0.5, 0.6) is 11.5 Å². The Hall–Kier alpha value is -3.03. The molecule has 0 saturated heterocycles. The Morgan fingerprint density at radius 2 is 2.12 bits per heavy atom.